The molecule has 0 aliphatic rings. The molecule has 0 bridgehead atoms. The van der Waals surface area contributed by atoms with Crippen molar-refractivity contribution >= 4 is 5.97 Å². The van der Waals surface area contributed by atoms with Crippen LogP contribution in [-0.4, -0.2) is 11.1 Å². The molecule has 0 aromatic carbocycles. The van der Waals surface area contributed by atoms with Crippen molar-refractivity contribution in [2.24, 2.45) is 0 Å². The van der Waals surface area contributed by atoms with Crippen LogP contribution in [0, 0.1) is 11.3 Å². The Balaban J connectivity index is 3.89. The van der Waals surface area contributed by atoms with E-state index in [1.807, 2.05) is 6.08 Å². The van der Waals surface area contributed by atoms with Gasteiger partial charge in [-0.05, 0) is 18.9 Å². The minimum atomic E-state index is -1.18. The molecular formula is C11H15NO2. The van der Waals surface area contributed by atoms with Gasteiger partial charge in [-0.15, -0.1) is 0 Å². The van der Waals surface area contributed by atoms with Crippen molar-refractivity contribution in [3.05, 3.63) is 23.8 Å². The standard InChI is InChI=1S/C11H15NO2/c1-2-3-4-5-6-7-8-10(9-12)11(13)14/h6-8H,2-5H2,1H3,(H,13,14). The second kappa shape index (κ2) is 8.06. The molecule has 0 spiro atoms. The summed E-state index contributed by atoms with van der Waals surface area (Å²) in [5, 5.41) is 16.9. The zero-order valence-corrected chi connectivity index (χ0v) is 8.36. The number of hydrogen-bond acceptors (Lipinski definition) is 2. The summed E-state index contributed by atoms with van der Waals surface area (Å²) in [5.74, 6) is -1.18. The van der Waals surface area contributed by atoms with Crippen molar-refractivity contribution in [1.29, 1.82) is 5.26 Å². The summed E-state index contributed by atoms with van der Waals surface area (Å²) in [5.41, 5.74) is -0.225. The van der Waals surface area contributed by atoms with Gasteiger partial charge in [0.15, 0.2) is 0 Å². The average molecular weight is 193 g/mol. The van der Waals surface area contributed by atoms with Crippen LogP contribution in [0.5, 0.6) is 0 Å². The van der Waals surface area contributed by atoms with Crippen LogP contribution in [-0.2, 0) is 4.79 Å². The third kappa shape index (κ3) is 6.01. The van der Waals surface area contributed by atoms with Crippen molar-refractivity contribution in [2.75, 3.05) is 0 Å². The monoisotopic (exact) mass is 193 g/mol. The number of carboxylic acids is 1. The number of carbonyl (C=O) groups is 1. The molecule has 0 saturated heterocycles. The molecule has 76 valence electrons. The Morgan fingerprint density at radius 1 is 1.50 bits per heavy atom. The SMILES string of the molecule is CCCCCC=CC=C(C#N)C(=O)O. The van der Waals surface area contributed by atoms with Gasteiger partial charge in [-0.3, -0.25) is 0 Å². The first-order valence-electron chi connectivity index (χ1n) is 4.72. The first-order valence-corrected chi connectivity index (χ1v) is 4.72. The number of hydrogen-bond donors (Lipinski definition) is 1. The van der Waals surface area contributed by atoms with Gasteiger partial charge in [-0.25, -0.2) is 4.79 Å². The Labute approximate surface area is 84.4 Å². The lowest BCUT2D eigenvalue weighted by atomic mass is 10.2. The van der Waals surface area contributed by atoms with Crippen molar-refractivity contribution in [2.45, 2.75) is 32.6 Å². The van der Waals surface area contributed by atoms with Crippen molar-refractivity contribution in [3.63, 3.8) is 0 Å². The number of nitrogens with zero attached hydrogens (tertiary/aromatic N) is 1. The van der Waals surface area contributed by atoms with E-state index in [0.717, 1.165) is 12.8 Å². The smallest absolute Gasteiger partial charge is 0.346 e. The van der Waals surface area contributed by atoms with E-state index in [9.17, 15) is 4.79 Å². The Morgan fingerprint density at radius 3 is 2.71 bits per heavy atom. The molecule has 3 heteroatoms. The maximum Gasteiger partial charge on any atom is 0.346 e. The predicted octanol–water partition coefficient (Wildman–Crippen LogP) is 2.66. The second-order valence-corrected chi connectivity index (χ2v) is 2.92. The number of carboxylic acid groups (broad SMARTS) is 1. The molecule has 0 aliphatic carbocycles. The molecular weight excluding hydrogens is 178 g/mol. The Bertz CT molecular complexity index is 272. The highest BCUT2D eigenvalue weighted by Crippen LogP contribution is 2.00. The van der Waals surface area contributed by atoms with Gasteiger partial charge in [0, 0.05) is 0 Å². The highest BCUT2D eigenvalue weighted by molar-refractivity contribution is 5.91. The largest absolute Gasteiger partial charge is 0.477 e. The van der Waals surface area contributed by atoms with Gasteiger partial charge in [0.2, 0.25) is 0 Å². The van der Waals surface area contributed by atoms with Crippen molar-refractivity contribution in [3.8, 4) is 6.07 Å². The summed E-state index contributed by atoms with van der Waals surface area (Å²) in [4.78, 5) is 10.4. The minimum Gasteiger partial charge on any atom is -0.477 e. The lowest BCUT2D eigenvalue weighted by Crippen LogP contribution is -1.96. The van der Waals surface area contributed by atoms with Crippen molar-refractivity contribution < 1.29 is 9.90 Å². The second-order valence-electron chi connectivity index (χ2n) is 2.92. The third-order valence-electron chi connectivity index (χ3n) is 1.72. The van der Waals surface area contributed by atoms with Gasteiger partial charge in [-0.2, -0.15) is 5.26 Å². The third-order valence-corrected chi connectivity index (χ3v) is 1.72. The molecule has 0 aromatic rings. The topological polar surface area (TPSA) is 61.1 Å². The van der Waals surface area contributed by atoms with Crippen molar-refractivity contribution in [1.82, 2.24) is 0 Å². The maximum absolute atomic E-state index is 10.4. The van der Waals surface area contributed by atoms with E-state index in [-0.39, 0.29) is 5.57 Å². The van der Waals surface area contributed by atoms with E-state index in [4.69, 9.17) is 10.4 Å². The number of rotatable bonds is 6. The first kappa shape index (κ1) is 12.4. The normalized spacial score (nSPS) is 11.6. The fourth-order valence-corrected chi connectivity index (χ4v) is 0.929. The number of nitriles is 1. The fraction of sp³-hybridized carbons (Fsp3) is 0.455. The minimum absolute atomic E-state index is 0.225. The van der Waals surface area contributed by atoms with Crippen LogP contribution in [0.1, 0.15) is 32.6 Å². The van der Waals surface area contributed by atoms with Crippen LogP contribution in [0.2, 0.25) is 0 Å². The summed E-state index contributed by atoms with van der Waals surface area (Å²) in [6, 6.07) is 1.61. The van der Waals surface area contributed by atoms with Gasteiger partial charge < -0.3 is 5.11 Å². The first-order chi connectivity index (χ1) is 6.72. The zero-order chi connectivity index (χ0) is 10.8. The molecule has 0 atom stereocenters. The Hall–Kier alpha value is -1.56. The van der Waals surface area contributed by atoms with E-state index in [2.05, 4.69) is 6.92 Å². The molecule has 0 aromatic heterocycles. The molecule has 0 fully saturated rings. The summed E-state index contributed by atoms with van der Waals surface area (Å²) in [6.45, 7) is 2.13. The summed E-state index contributed by atoms with van der Waals surface area (Å²) < 4.78 is 0. The summed E-state index contributed by atoms with van der Waals surface area (Å²) >= 11 is 0. The van der Waals surface area contributed by atoms with Crippen LogP contribution in [0.25, 0.3) is 0 Å². The lowest BCUT2D eigenvalue weighted by Gasteiger charge is -1.90. The number of unbranched alkanes of at least 4 members (excludes halogenated alkanes) is 3. The van der Waals surface area contributed by atoms with Crippen LogP contribution in [0.4, 0.5) is 0 Å². The highest BCUT2D eigenvalue weighted by Gasteiger charge is 2.01. The molecule has 0 rings (SSSR count). The van der Waals surface area contributed by atoms with Gasteiger partial charge in [0.25, 0.3) is 0 Å². The van der Waals surface area contributed by atoms with E-state index in [1.165, 1.54) is 18.9 Å². The van der Waals surface area contributed by atoms with E-state index in [1.54, 1.807) is 12.1 Å². The van der Waals surface area contributed by atoms with Crippen LogP contribution < -0.4 is 0 Å². The molecule has 0 aliphatic heterocycles. The molecule has 0 radical (unpaired) electrons. The lowest BCUT2D eigenvalue weighted by molar-refractivity contribution is -0.132. The molecule has 0 heterocycles. The van der Waals surface area contributed by atoms with Gasteiger partial charge in [0.05, 0.1) is 0 Å². The maximum atomic E-state index is 10.4. The van der Waals surface area contributed by atoms with E-state index in [0.29, 0.717) is 0 Å². The highest BCUT2D eigenvalue weighted by atomic mass is 16.4. The van der Waals surface area contributed by atoms with Gasteiger partial charge in [0.1, 0.15) is 11.6 Å². The van der Waals surface area contributed by atoms with Crippen LogP contribution in [0.3, 0.4) is 0 Å². The Kier molecular flexibility index (Phi) is 7.16. The summed E-state index contributed by atoms with van der Waals surface area (Å²) in [6.07, 6.45) is 9.23. The fourth-order valence-electron chi connectivity index (χ4n) is 0.929. The zero-order valence-electron chi connectivity index (χ0n) is 8.36. The Morgan fingerprint density at radius 2 is 2.21 bits per heavy atom. The molecule has 1 N–H and O–H groups in total. The summed E-state index contributed by atoms with van der Waals surface area (Å²) in [7, 11) is 0. The van der Waals surface area contributed by atoms with Crippen LogP contribution in [0.15, 0.2) is 23.8 Å². The van der Waals surface area contributed by atoms with Crippen LogP contribution >= 0.6 is 0 Å². The van der Waals surface area contributed by atoms with E-state index < -0.39 is 5.97 Å². The van der Waals surface area contributed by atoms with Gasteiger partial charge in [-0.1, -0.05) is 31.9 Å². The molecule has 14 heavy (non-hydrogen) atoms. The van der Waals surface area contributed by atoms with E-state index >= 15 is 0 Å². The quantitative estimate of drug-likeness (QED) is 0.305. The number of allylic oxidation sites excluding steroid dienone is 3. The predicted molar refractivity (Wildman–Crippen MR) is 54.6 cm³/mol. The van der Waals surface area contributed by atoms with Gasteiger partial charge >= 0.3 is 5.97 Å². The molecule has 0 saturated carbocycles. The molecule has 0 amide bonds. The average Bonchev–Trinajstić information content (AvgIpc) is 2.16. The molecule has 3 nitrogen and oxygen atoms in total. The molecule has 0 unspecified atom stereocenters. The number of aliphatic carboxylic acids is 1.